The molecule has 0 saturated heterocycles. The van der Waals surface area contributed by atoms with Crippen LogP contribution in [0.3, 0.4) is 0 Å². The van der Waals surface area contributed by atoms with Gasteiger partial charge in [0.15, 0.2) is 5.13 Å². The minimum absolute atomic E-state index is 0.176. The van der Waals surface area contributed by atoms with Gasteiger partial charge in [0, 0.05) is 19.4 Å². The van der Waals surface area contributed by atoms with Crippen molar-refractivity contribution in [3.63, 3.8) is 0 Å². The summed E-state index contributed by atoms with van der Waals surface area (Å²) in [6.45, 7) is 7.34. The number of thiazole rings is 1. The van der Waals surface area contributed by atoms with Crippen molar-refractivity contribution in [2.24, 2.45) is 0 Å². The molecule has 0 fully saturated rings. The maximum atomic E-state index is 12.3. The molecule has 0 aliphatic carbocycles. The van der Waals surface area contributed by atoms with Crippen LogP contribution in [0.2, 0.25) is 0 Å². The molecule has 0 spiro atoms. The third kappa shape index (κ3) is 5.73. The van der Waals surface area contributed by atoms with E-state index in [1.54, 1.807) is 12.3 Å². The van der Waals surface area contributed by atoms with Crippen molar-refractivity contribution in [2.45, 2.75) is 33.8 Å². The van der Waals surface area contributed by atoms with Gasteiger partial charge in [-0.1, -0.05) is 6.07 Å². The number of ether oxygens (including phenoxy) is 2. The van der Waals surface area contributed by atoms with Crippen molar-refractivity contribution < 1.29 is 19.1 Å². The minimum atomic E-state index is -0.746. The number of hydrogen-bond acceptors (Lipinski definition) is 7. The Hall–Kier alpha value is -3.02. The summed E-state index contributed by atoms with van der Waals surface area (Å²) in [7, 11) is 1.50. The SMILES string of the molecule is COC[C@H](C)OC(=O)/C(C#N)=C/c1csc(N(C(C)=O)c2ccc(C)c(C)c2)n1. The lowest BCUT2D eigenvalue weighted by molar-refractivity contribution is -0.145. The summed E-state index contributed by atoms with van der Waals surface area (Å²) in [5.41, 5.74) is 3.11. The van der Waals surface area contributed by atoms with E-state index in [9.17, 15) is 14.9 Å². The molecule has 29 heavy (non-hydrogen) atoms. The van der Waals surface area contributed by atoms with Crippen LogP contribution in [0.1, 0.15) is 30.7 Å². The number of anilines is 2. The highest BCUT2D eigenvalue weighted by molar-refractivity contribution is 7.14. The Morgan fingerprint density at radius 2 is 2.07 bits per heavy atom. The number of nitrogens with zero attached hydrogens (tertiary/aromatic N) is 3. The van der Waals surface area contributed by atoms with Crippen LogP contribution in [-0.4, -0.2) is 36.7 Å². The molecule has 1 atom stereocenters. The molecule has 1 amide bonds. The quantitative estimate of drug-likeness (QED) is 0.388. The van der Waals surface area contributed by atoms with E-state index in [4.69, 9.17) is 9.47 Å². The molecule has 0 aliphatic heterocycles. The van der Waals surface area contributed by atoms with Crippen molar-refractivity contribution in [1.82, 2.24) is 4.98 Å². The molecule has 2 aromatic rings. The molecule has 152 valence electrons. The van der Waals surface area contributed by atoms with Gasteiger partial charge in [0.25, 0.3) is 0 Å². The first-order chi connectivity index (χ1) is 13.8. The molecule has 1 aromatic heterocycles. The fourth-order valence-electron chi connectivity index (χ4n) is 2.54. The van der Waals surface area contributed by atoms with Gasteiger partial charge in [-0.15, -0.1) is 11.3 Å². The van der Waals surface area contributed by atoms with Crippen LogP contribution in [0.25, 0.3) is 6.08 Å². The number of aromatic nitrogens is 1. The first kappa shape index (κ1) is 22.3. The average Bonchev–Trinajstić information content (AvgIpc) is 3.10. The van der Waals surface area contributed by atoms with E-state index in [0.29, 0.717) is 16.5 Å². The maximum Gasteiger partial charge on any atom is 0.349 e. The van der Waals surface area contributed by atoms with Crippen LogP contribution in [0.4, 0.5) is 10.8 Å². The number of esters is 1. The molecule has 7 nitrogen and oxygen atoms in total. The van der Waals surface area contributed by atoms with Crippen LogP contribution in [-0.2, 0) is 19.1 Å². The summed E-state index contributed by atoms with van der Waals surface area (Å²) in [4.78, 5) is 30.3. The normalized spacial score (nSPS) is 12.2. The number of carbonyl (C=O) groups is 2. The highest BCUT2D eigenvalue weighted by Crippen LogP contribution is 2.30. The molecule has 0 aliphatic rings. The molecule has 1 heterocycles. The number of amides is 1. The summed E-state index contributed by atoms with van der Waals surface area (Å²) in [5.74, 6) is -0.935. The Morgan fingerprint density at radius 1 is 1.34 bits per heavy atom. The van der Waals surface area contributed by atoms with Crippen molar-refractivity contribution >= 4 is 40.1 Å². The first-order valence-electron chi connectivity index (χ1n) is 8.92. The minimum Gasteiger partial charge on any atom is -0.456 e. The molecule has 0 bridgehead atoms. The average molecular weight is 413 g/mol. The van der Waals surface area contributed by atoms with Gasteiger partial charge in [-0.2, -0.15) is 5.26 Å². The second-order valence-corrected chi connectivity index (χ2v) is 7.36. The Labute approximate surface area is 174 Å². The third-order valence-corrected chi connectivity index (χ3v) is 4.95. The van der Waals surface area contributed by atoms with E-state index < -0.39 is 12.1 Å². The van der Waals surface area contributed by atoms with E-state index in [2.05, 4.69) is 4.98 Å². The Kier molecular flexibility index (Phi) is 7.65. The smallest absolute Gasteiger partial charge is 0.349 e. The Balaban J connectivity index is 2.30. The standard InChI is InChI=1S/C21H23N3O4S/c1-13-6-7-19(8-14(13)2)24(16(4)25)21-23-18(12-29-21)9-17(10-22)20(26)28-15(3)11-27-5/h6-9,12,15H,11H2,1-5H3/b17-9+/t15-/m0/s1. The number of nitriles is 1. The monoisotopic (exact) mass is 413 g/mol. The summed E-state index contributed by atoms with van der Waals surface area (Å²) < 4.78 is 10.1. The number of methoxy groups -OCH3 is 1. The van der Waals surface area contributed by atoms with Crippen molar-refractivity contribution in [1.29, 1.82) is 5.26 Å². The van der Waals surface area contributed by atoms with Crippen molar-refractivity contribution in [3.05, 3.63) is 46.0 Å². The molecule has 2 rings (SSSR count). The summed E-state index contributed by atoms with van der Waals surface area (Å²) in [5, 5.41) is 11.4. The van der Waals surface area contributed by atoms with Crippen molar-refractivity contribution in [3.8, 4) is 6.07 Å². The lowest BCUT2D eigenvalue weighted by Crippen LogP contribution is -2.22. The number of aryl methyl sites for hydroxylation is 2. The molecule has 8 heteroatoms. The molecular formula is C21H23N3O4S. The van der Waals surface area contributed by atoms with Crippen LogP contribution >= 0.6 is 11.3 Å². The summed E-state index contributed by atoms with van der Waals surface area (Å²) in [6, 6.07) is 7.56. The number of benzene rings is 1. The molecule has 0 unspecified atom stereocenters. The summed E-state index contributed by atoms with van der Waals surface area (Å²) in [6.07, 6.45) is 0.869. The van der Waals surface area contributed by atoms with Gasteiger partial charge in [0.2, 0.25) is 5.91 Å². The predicted octanol–water partition coefficient (Wildman–Crippen LogP) is 3.93. The first-order valence-corrected chi connectivity index (χ1v) is 9.80. The van der Waals surface area contributed by atoms with E-state index in [1.807, 2.05) is 38.1 Å². The predicted molar refractivity (Wildman–Crippen MR) is 112 cm³/mol. The molecule has 0 saturated carbocycles. The van der Waals surface area contributed by atoms with Crippen LogP contribution in [0, 0.1) is 25.2 Å². The van der Waals surface area contributed by atoms with Crippen LogP contribution < -0.4 is 4.90 Å². The van der Waals surface area contributed by atoms with Gasteiger partial charge >= 0.3 is 5.97 Å². The lowest BCUT2D eigenvalue weighted by Gasteiger charge is -2.19. The highest BCUT2D eigenvalue weighted by atomic mass is 32.1. The molecule has 1 aromatic carbocycles. The third-order valence-electron chi connectivity index (χ3n) is 4.11. The van der Waals surface area contributed by atoms with Gasteiger partial charge in [-0.25, -0.2) is 9.78 Å². The summed E-state index contributed by atoms with van der Waals surface area (Å²) >= 11 is 1.24. The van der Waals surface area contributed by atoms with Crippen molar-refractivity contribution in [2.75, 3.05) is 18.6 Å². The number of carbonyl (C=O) groups excluding carboxylic acids is 2. The van der Waals surface area contributed by atoms with Gasteiger partial charge < -0.3 is 9.47 Å². The zero-order valence-electron chi connectivity index (χ0n) is 17.1. The van der Waals surface area contributed by atoms with Gasteiger partial charge in [-0.3, -0.25) is 9.69 Å². The largest absolute Gasteiger partial charge is 0.456 e. The zero-order valence-corrected chi connectivity index (χ0v) is 17.9. The zero-order chi connectivity index (χ0) is 21.6. The number of hydrogen-bond donors (Lipinski definition) is 0. The van der Waals surface area contributed by atoms with Crippen LogP contribution in [0.15, 0.2) is 29.2 Å². The van der Waals surface area contributed by atoms with Gasteiger partial charge in [0.1, 0.15) is 17.7 Å². The molecule has 0 N–H and O–H groups in total. The molecule has 0 radical (unpaired) electrons. The fourth-order valence-corrected chi connectivity index (χ4v) is 3.38. The number of rotatable bonds is 7. The van der Waals surface area contributed by atoms with Gasteiger partial charge in [-0.05, 0) is 50.1 Å². The topological polar surface area (TPSA) is 92.5 Å². The Bertz CT molecular complexity index is 975. The van der Waals surface area contributed by atoms with E-state index in [-0.39, 0.29) is 18.1 Å². The fraction of sp³-hybridized carbons (Fsp3) is 0.333. The van der Waals surface area contributed by atoms with E-state index in [1.165, 1.54) is 36.3 Å². The Morgan fingerprint density at radius 3 is 2.66 bits per heavy atom. The van der Waals surface area contributed by atoms with Gasteiger partial charge in [0.05, 0.1) is 18.0 Å². The second-order valence-electron chi connectivity index (χ2n) is 6.52. The highest BCUT2D eigenvalue weighted by Gasteiger charge is 2.20. The molecular weight excluding hydrogens is 390 g/mol. The second kappa shape index (κ2) is 9.96. The maximum absolute atomic E-state index is 12.3. The lowest BCUT2D eigenvalue weighted by atomic mass is 10.1. The van der Waals surface area contributed by atoms with E-state index >= 15 is 0 Å². The van der Waals surface area contributed by atoms with E-state index in [0.717, 1.165) is 11.1 Å². The van der Waals surface area contributed by atoms with Crippen LogP contribution in [0.5, 0.6) is 0 Å².